The molecular weight excluding hydrogens is 252 g/mol. The Morgan fingerprint density at radius 3 is 2.45 bits per heavy atom. The molecule has 0 spiro atoms. The molecule has 20 heavy (non-hydrogen) atoms. The molecule has 0 amide bonds. The minimum Gasteiger partial charge on any atom is -0.456 e. The molecular formula is C16H24N2O2. The summed E-state index contributed by atoms with van der Waals surface area (Å²) in [6.45, 7) is 13.1. The van der Waals surface area contributed by atoms with Crippen LogP contribution in [-0.2, 0) is 11.2 Å². The van der Waals surface area contributed by atoms with E-state index >= 15 is 0 Å². The Labute approximate surface area is 121 Å². The highest BCUT2D eigenvalue weighted by atomic mass is 16.6. The third-order valence-electron chi connectivity index (χ3n) is 3.25. The van der Waals surface area contributed by atoms with Crippen LogP contribution in [0.5, 0.6) is 0 Å². The van der Waals surface area contributed by atoms with Gasteiger partial charge in [0.15, 0.2) is 0 Å². The van der Waals surface area contributed by atoms with Crippen LogP contribution in [-0.4, -0.2) is 28.6 Å². The van der Waals surface area contributed by atoms with Gasteiger partial charge in [-0.05, 0) is 59.6 Å². The molecule has 2 heterocycles. The molecule has 0 unspecified atom stereocenters. The van der Waals surface area contributed by atoms with Gasteiger partial charge in [0.05, 0.1) is 5.56 Å². The van der Waals surface area contributed by atoms with Gasteiger partial charge in [0.1, 0.15) is 11.4 Å². The van der Waals surface area contributed by atoms with E-state index in [-0.39, 0.29) is 11.5 Å². The summed E-state index contributed by atoms with van der Waals surface area (Å²) in [5, 5.41) is 0. The minimum atomic E-state index is -0.479. The van der Waals surface area contributed by atoms with E-state index in [1.807, 2.05) is 26.8 Å². The van der Waals surface area contributed by atoms with Gasteiger partial charge in [-0.15, -0.1) is 0 Å². The zero-order valence-corrected chi connectivity index (χ0v) is 13.3. The van der Waals surface area contributed by atoms with Crippen molar-refractivity contribution in [3.05, 3.63) is 23.4 Å². The minimum absolute atomic E-state index is 0.0473. The SMILES string of the molecule is CC(C)(C)OC(=O)c1cnc2c(c1)CCN2C(C)(C)C. The summed E-state index contributed by atoms with van der Waals surface area (Å²) in [5.74, 6) is 0.687. The third kappa shape index (κ3) is 3.11. The highest BCUT2D eigenvalue weighted by Gasteiger charge is 2.30. The number of pyridine rings is 1. The lowest BCUT2D eigenvalue weighted by atomic mass is 10.1. The second-order valence-electron chi connectivity index (χ2n) is 7.28. The molecule has 1 aromatic heterocycles. The quantitative estimate of drug-likeness (QED) is 0.739. The van der Waals surface area contributed by atoms with Crippen LogP contribution in [0, 0.1) is 0 Å². The maximum atomic E-state index is 12.1. The zero-order chi connectivity index (χ0) is 15.1. The van der Waals surface area contributed by atoms with Gasteiger partial charge in [0.2, 0.25) is 0 Å². The maximum absolute atomic E-state index is 12.1. The smallest absolute Gasteiger partial charge is 0.340 e. The Bertz CT molecular complexity index is 524. The average Bonchev–Trinajstić information content (AvgIpc) is 2.68. The average molecular weight is 276 g/mol. The second kappa shape index (κ2) is 4.76. The van der Waals surface area contributed by atoms with E-state index in [0.717, 1.165) is 24.3 Å². The van der Waals surface area contributed by atoms with E-state index in [4.69, 9.17) is 4.74 Å². The molecule has 0 bridgehead atoms. The number of aromatic nitrogens is 1. The molecule has 0 atom stereocenters. The predicted molar refractivity (Wildman–Crippen MR) is 80.2 cm³/mol. The van der Waals surface area contributed by atoms with Crippen molar-refractivity contribution in [3.63, 3.8) is 0 Å². The summed E-state index contributed by atoms with van der Waals surface area (Å²) in [4.78, 5) is 18.8. The molecule has 0 saturated heterocycles. The molecule has 0 fully saturated rings. The van der Waals surface area contributed by atoms with E-state index in [1.165, 1.54) is 0 Å². The summed E-state index contributed by atoms with van der Waals surface area (Å²) in [6, 6.07) is 1.92. The second-order valence-corrected chi connectivity index (χ2v) is 7.28. The van der Waals surface area contributed by atoms with Crippen LogP contribution < -0.4 is 4.90 Å². The molecule has 2 rings (SSSR count). The Morgan fingerprint density at radius 1 is 1.25 bits per heavy atom. The first kappa shape index (κ1) is 14.8. The van der Waals surface area contributed by atoms with Crippen LogP contribution >= 0.6 is 0 Å². The van der Waals surface area contributed by atoms with Crippen molar-refractivity contribution in [1.29, 1.82) is 0 Å². The van der Waals surface area contributed by atoms with Gasteiger partial charge in [-0.1, -0.05) is 0 Å². The van der Waals surface area contributed by atoms with Crippen LogP contribution in [0.1, 0.15) is 57.5 Å². The first-order chi connectivity index (χ1) is 9.08. The molecule has 0 radical (unpaired) electrons. The summed E-state index contributed by atoms with van der Waals surface area (Å²) in [6.07, 6.45) is 2.55. The van der Waals surface area contributed by atoms with Crippen molar-refractivity contribution < 1.29 is 9.53 Å². The molecule has 0 aliphatic carbocycles. The monoisotopic (exact) mass is 276 g/mol. The molecule has 0 aromatic carbocycles. The Hall–Kier alpha value is -1.58. The molecule has 0 saturated carbocycles. The van der Waals surface area contributed by atoms with E-state index in [2.05, 4.69) is 30.7 Å². The van der Waals surface area contributed by atoms with Crippen molar-refractivity contribution in [2.45, 2.75) is 59.1 Å². The number of anilines is 1. The van der Waals surface area contributed by atoms with Crippen molar-refractivity contribution in [3.8, 4) is 0 Å². The molecule has 4 nitrogen and oxygen atoms in total. The fraction of sp³-hybridized carbons (Fsp3) is 0.625. The van der Waals surface area contributed by atoms with Crippen LogP contribution in [0.3, 0.4) is 0 Å². The van der Waals surface area contributed by atoms with Gasteiger partial charge in [0, 0.05) is 18.3 Å². The zero-order valence-electron chi connectivity index (χ0n) is 13.3. The van der Waals surface area contributed by atoms with Crippen molar-refractivity contribution in [2.24, 2.45) is 0 Å². The number of esters is 1. The van der Waals surface area contributed by atoms with Gasteiger partial charge in [-0.2, -0.15) is 0 Å². The van der Waals surface area contributed by atoms with Crippen LogP contribution in [0.15, 0.2) is 12.3 Å². The first-order valence-electron chi connectivity index (χ1n) is 7.08. The van der Waals surface area contributed by atoms with E-state index in [9.17, 15) is 4.79 Å². The largest absolute Gasteiger partial charge is 0.456 e. The van der Waals surface area contributed by atoms with Crippen molar-refractivity contribution in [2.75, 3.05) is 11.4 Å². The summed E-state index contributed by atoms with van der Waals surface area (Å²) in [7, 11) is 0. The van der Waals surface area contributed by atoms with Crippen LogP contribution in [0.2, 0.25) is 0 Å². The summed E-state index contributed by atoms with van der Waals surface area (Å²) >= 11 is 0. The normalized spacial score (nSPS) is 15.2. The number of fused-ring (bicyclic) bond motifs is 1. The van der Waals surface area contributed by atoms with Crippen LogP contribution in [0.4, 0.5) is 5.82 Å². The highest BCUT2D eigenvalue weighted by molar-refractivity contribution is 5.90. The number of rotatable bonds is 1. The number of hydrogen-bond donors (Lipinski definition) is 0. The molecule has 0 N–H and O–H groups in total. The molecule has 1 aliphatic heterocycles. The van der Waals surface area contributed by atoms with Crippen molar-refractivity contribution in [1.82, 2.24) is 4.98 Å². The van der Waals surface area contributed by atoms with Gasteiger partial charge in [0.25, 0.3) is 0 Å². The Balaban J connectivity index is 2.25. The van der Waals surface area contributed by atoms with Crippen molar-refractivity contribution >= 4 is 11.8 Å². The number of nitrogens with zero attached hydrogens (tertiary/aromatic N) is 2. The molecule has 4 heteroatoms. The number of hydrogen-bond acceptors (Lipinski definition) is 4. The topological polar surface area (TPSA) is 42.4 Å². The van der Waals surface area contributed by atoms with E-state index in [1.54, 1.807) is 6.20 Å². The fourth-order valence-corrected chi connectivity index (χ4v) is 2.37. The number of carbonyl (C=O) groups is 1. The Morgan fingerprint density at radius 2 is 1.90 bits per heavy atom. The molecule has 110 valence electrons. The van der Waals surface area contributed by atoms with E-state index in [0.29, 0.717) is 5.56 Å². The number of carbonyl (C=O) groups excluding carboxylic acids is 1. The molecule has 1 aromatic rings. The Kier molecular flexibility index (Phi) is 3.53. The number of ether oxygens (including phenoxy) is 1. The fourth-order valence-electron chi connectivity index (χ4n) is 2.37. The third-order valence-corrected chi connectivity index (χ3v) is 3.25. The summed E-state index contributed by atoms with van der Waals surface area (Å²) in [5.41, 5.74) is 1.23. The van der Waals surface area contributed by atoms with Gasteiger partial charge in [-0.3, -0.25) is 0 Å². The maximum Gasteiger partial charge on any atom is 0.340 e. The standard InChI is InChI=1S/C16H24N2O2/c1-15(2,3)18-8-7-11-9-12(10-17-13(11)18)14(19)20-16(4,5)6/h9-10H,7-8H2,1-6H3. The van der Waals surface area contributed by atoms with Gasteiger partial charge >= 0.3 is 5.97 Å². The van der Waals surface area contributed by atoms with Crippen LogP contribution in [0.25, 0.3) is 0 Å². The lowest BCUT2D eigenvalue weighted by Crippen LogP contribution is -2.40. The predicted octanol–water partition coefficient (Wildman–Crippen LogP) is 3.20. The lowest BCUT2D eigenvalue weighted by molar-refractivity contribution is 0.00690. The van der Waals surface area contributed by atoms with E-state index < -0.39 is 5.60 Å². The molecule has 1 aliphatic rings. The lowest BCUT2D eigenvalue weighted by Gasteiger charge is -2.33. The summed E-state index contributed by atoms with van der Waals surface area (Å²) < 4.78 is 5.39. The highest BCUT2D eigenvalue weighted by Crippen LogP contribution is 2.32. The first-order valence-corrected chi connectivity index (χ1v) is 7.08. The van der Waals surface area contributed by atoms with Gasteiger partial charge < -0.3 is 9.64 Å². The van der Waals surface area contributed by atoms with Gasteiger partial charge in [-0.25, -0.2) is 9.78 Å².